The summed E-state index contributed by atoms with van der Waals surface area (Å²) < 4.78 is 4.19. The number of fused-ring (bicyclic) bond motifs is 1. The smallest absolute Gasteiger partial charge is 0.0964 e. The maximum Gasteiger partial charge on any atom is 0.0964 e. The minimum atomic E-state index is 0.349. The molecule has 0 aliphatic heterocycles. The molecule has 1 aliphatic carbocycles. The van der Waals surface area contributed by atoms with Crippen molar-refractivity contribution in [3.8, 4) is 11.3 Å². The zero-order chi connectivity index (χ0) is 17.7. The molecule has 0 radical (unpaired) electrons. The van der Waals surface area contributed by atoms with Gasteiger partial charge in [-0.05, 0) is 43.4 Å². The molecule has 1 aliphatic rings. The lowest BCUT2D eigenvalue weighted by Gasteiger charge is -2.20. The van der Waals surface area contributed by atoms with Crippen molar-refractivity contribution in [3.05, 3.63) is 66.1 Å². The number of rotatable bonds is 4. The highest BCUT2D eigenvalue weighted by atomic mass is 15.4. The van der Waals surface area contributed by atoms with E-state index >= 15 is 0 Å². The van der Waals surface area contributed by atoms with Crippen LogP contribution in [0.5, 0.6) is 0 Å². The number of hydrogen-bond donors (Lipinski definition) is 0. The van der Waals surface area contributed by atoms with Gasteiger partial charge in [-0.2, -0.15) is 0 Å². The van der Waals surface area contributed by atoms with Crippen molar-refractivity contribution in [3.63, 3.8) is 0 Å². The van der Waals surface area contributed by atoms with Crippen molar-refractivity contribution in [2.75, 3.05) is 0 Å². The number of imidazole rings is 1. The van der Waals surface area contributed by atoms with E-state index in [-0.39, 0.29) is 0 Å². The Morgan fingerprint density at radius 3 is 2.58 bits per heavy atom. The first kappa shape index (κ1) is 15.3. The van der Waals surface area contributed by atoms with Gasteiger partial charge in [0, 0.05) is 12.6 Å². The Bertz CT molecular complexity index is 1050. The van der Waals surface area contributed by atoms with Crippen molar-refractivity contribution in [2.45, 2.75) is 25.8 Å². The molecule has 5 heteroatoms. The van der Waals surface area contributed by atoms with Gasteiger partial charge in [0.1, 0.15) is 0 Å². The van der Waals surface area contributed by atoms with Crippen LogP contribution in [0.1, 0.15) is 30.1 Å². The molecule has 1 atom stereocenters. The van der Waals surface area contributed by atoms with Gasteiger partial charge in [0.2, 0.25) is 0 Å². The van der Waals surface area contributed by atoms with E-state index in [4.69, 9.17) is 0 Å². The second kappa shape index (κ2) is 5.80. The third-order valence-corrected chi connectivity index (χ3v) is 5.35. The molecule has 130 valence electrons. The van der Waals surface area contributed by atoms with Gasteiger partial charge in [-0.25, -0.2) is 9.67 Å². The lowest BCUT2D eigenvalue weighted by Crippen LogP contribution is -2.11. The van der Waals surface area contributed by atoms with Gasteiger partial charge >= 0.3 is 0 Å². The summed E-state index contributed by atoms with van der Waals surface area (Å²) in [7, 11) is 1.94. The van der Waals surface area contributed by atoms with E-state index in [1.54, 1.807) is 0 Å². The van der Waals surface area contributed by atoms with E-state index in [1.165, 1.54) is 23.9 Å². The van der Waals surface area contributed by atoms with Crippen LogP contribution >= 0.6 is 0 Å². The number of hydrogen-bond acceptors (Lipinski definition) is 3. The first-order chi connectivity index (χ1) is 12.7. The molecular weight excluding hydrogens is 322 g/mol. The van der Waals surface area contributed by atoms with E-state index in [0.717, 1.165) is 22.5 Å². The minimum absolute atomic E-state index is 0.349. The molecule has 2 aromatic heterocycles. The van der Waals surface area contributed by atoms with E-state index < -0.39 is 0 Å². The fourth-order valence-corrected chi connectivity index (χ4v) is 3.97. The van der Waals surface area contributed by atoms with Crippen molar-refractivity contribution in [2.24, 2.45) is 13.0 Å². The monoisotopic (exact) mass is 343 g/mol. The van der Waals surface area contributed by atoms with Gasteiger partial charge in [-0.15, -0.1) is 5.10 Å². The first-order valence-corrected chi connectivity index (χ1v) is 9.10. The lowest BCUT2D eigenvalue weighted by atomic mass is 10.0. The lowest BCUT2D eigenvalue weighted by molar-refractivity contribution is 0.532. The SMILES string of the molecule is Cc1nnn(C)c1-c1ccc2ncn(C(c3ccccc3)C3CC3)c2c1. The average Bonchev–Trinajstić information content (AvgIpc) is 3.33. The van der Waals surface area contributed by atoms with Crippen LogP contribution < -0.4 is 0 Å². The van der Waals surface area contributed by atoms with Gasteiger partial charge in [0.05, 0.1) is 34.8 Å². The summed E-state index contributed by atoms with van der Waals surface area (Å²) in [5, 5.41) is 8.34. The maximum atomic E-state index is 4.67. The van der Waals surface area contributed by atoms with Crippen molar-refractivity contribution < 1.29 is 0 Å². The molecule has 0 N–H and O–H groups in total. The normalized spacial score (nSPS) is 15.5. The van der Waals surface area contributed by atoms with Gasteiger partial charge in [0.25, 0.3) is 0 Å². The molecule has 2 heterocycles. The van der Waals surface area contributed by atoms with Gasteiger partial charge in [0.15, 0.2) is 0 Å². The van der Waals surface area contributed by atoms with Crippen LogP contribution in [0.15, 0.2) is 54.9 Å². The predicted molar refractivity (Wildman–Crippen MR) is 102 cm³/mol. The first-order valence-electron chi connectivity index (χ1n) is 9.10. The predicted octanol–water partition coefficient (Wildman–Crippen LogP) is 4.14. The van der Waals surface area contributed by atoms with Crippen LogP contribution in [-0.4, -0.2) is 24.5 Å². The molecule has 1 saturated carbocycles. The highest BCUT2D eigenvalue weighted by Gasteiger charge is 2.34. The number of nitrogens with zero attached hydrogens (tertiary/aromatic N) is 5. The molecule has 5 nitrogen and oxygen atoms in total. The summed E-state index contributed by atoms with van der Waals surface area (Å²) in [6, 6.07) is 17.6. The molecule has 1 fully saturated rings. The Labute approximate surface area is 152 Å². The molecule has 5 rings (SSSR count). The third-order valence-electron chi connectivity index (χ3n) is 5.35. The Morgan fingerprint density at radius 2 is 1.88 bits per heavy atom. The Kier molecular flexibility index (Phi) is 3.42. The van der Waals surface area contributed by atoms with E-state index in [1.807, 2.05) is 25.0 Å². The molecule has 2 aromatic carbocycles. The van der Waals surface area contributed by atoms with Crippen LogP contribution in [0.25, 0.3) is 22.3 Å². The summed E-state index contributed by atoms with van der Waals surface area (Å²) in [5.41, 5.74) is 6.69. The highest BCUT2D eigenvalue weighted by molar-refractivity contribution is 5.82. The van der Waals surface area contributed by atoms with E-state index in [2.05, 4.69) is 68.4 Å². The second-order valence-electron chi connectivity index (χ2n) is 7.20. The summed E-state index contributed by atoms with van der Waals surface area (Å²) in [4.78, 5) is 4.67. The topological polar surface area (TPSA) is 48.5 Å². The van der Waals surface area contributed by atoms with E-state index in [0.29, 0.717) is 12.0 Å². The molecule has 26 heavy (non-hydrogen) atoms. The molecule has 1 unspecified atom stereocenters. The Balaban J connectivity index is 1.68. The largest absolute Gasteiger partial charge is 0.323 e. The van der Waals surface area contributed by atoms with E-state index in [9.17, 15) is 0 Å². The summed E-state index contributed by atoms with van der Waals surface area (Å²) >= 11 is 0. The molecule has 0 spiro atoms. The standard InChI is InChI=1S/C21H21N5/c1-14-20(25(2)24-23-14)17-10-11-18-19(12-17)26(13-22-18)21(16-8-9-16)15-6-4-3-5-7-15/h3-7,10-13,16,21H,8-9H2,1-2H3. The molecule has 4 aromatic rings. The maximum absolute atomic E-state index is 4.67. The van der Waals surface area contributed by atoms with Gasteiger partial charge in [-0.3, -0.25) is 0 Å². The van der Waals surface area contributed by atoms with Gasteiger partial charge in [-0.1, -0.05) is 41.6 Å². The molecule has 0 amide bonds. The van der Waals surface area contributed by atoms with Crippen LogP contribution in [0, 0.1) is 12.8 Å². The zero-order valence-electron chi connectivity index (χ0n) is 15.0. The summed E-state index contributed by atoms with van der Waals surface area (Å²) in [6.45, 7) is 2.00. The summed E-state index contributed by atoms with van der Waals surface area (Å²) in [6.07, 6.45) is 4.56. The van der Waals surface area contributed by atoms with Gasteiger partial charge < -0.3 is 4.57 Å². The highest BCUT2D eigenvalue weighted by Crippen LogP contribution is 2.44. The van der Waals surface area contributed by atoms with Crippen LogP contribution in [0.2, 0.25) is 0 Å². The Hall–Kier alpha value is -2.95. The number of aromatic nitrogens is 5. The van der Waals surface area contributed by atoms with Crippen LogP contribution in [0.4, 0.5) is 0 Å². The quantitative estimate of drug-likeness (QED) is 0.559. The van der Waals surface area contributed by atoms with Crippen molar-refractivity contribution in [1.29, 1.82) is 0 Å². The second-order valence-corrected chi connectivity index (χ2v) is 7.20. The Morgan fingerprint density at radius 1 is 1.08 bits per heavy atom. The van der Waals surface area contributed by atoms with Crippen molar-refractivity contribution in [1.82, 2.24) is 24.5 Å². The van der Waals surface area contributed by atoms with Crippen molar-refractivity contribution >= 4 is 11.0 Å². The molecule has 0 bridgehead atoms. The summed E-state index contributed by atoms with van der Waals surface area (Å²) in [5.74, 6) is 0.693. The fourth-order valence-electron chi connectivity index (χ4n) is 3.97. The minimum Gasteiger partial charge on any atom is -0.323 e. The van der Waals surface area contributed by atoms with Crippen LogP contribution in [-0.2, 0) is 7.05 Å². The zero-order valence-corrected chi connectivity index (χ0v) is 15.0. The molecule has 0 saturated heterocycles. The number of aryl methyl sites for hydroxylation is 2. The third kappa shape index (κ3) is 2.43. The molecular formula is C21H21N5. The average molecular weight is 343 g/mol. The fraction of sp³-hybridized carbons (Fsp3) is 0.286. The van der Waals surface area contributed by atoms with Crippen LogP contribution in [0.3, 0.4) is 0 Å². The number of benzene rings is 2.